The molecule has 0 radical (unpaired) electrons. The molecule has 2 aliphatic heterocycles. The summed E-state index contributed by atoms with van der Waals surface area (Å²) >= 11 is 0. The number of benzene rings is 10. The number of H-pyrrole nitrogens is 2. The van der Waals surface area contributed by atoms with Crippen LogP contribution in [0, 0.1) is 41.5 Å². The molecule has 586 valence electrons. The van der Waals surface area contributed by atoms with Crippen molar-refractivity contribution >= 4 is 121 Å². The smallest absolute Gasteiger partial charge is 0.338 e. The van der Waals surface area contributed by atoms with Crippen molar-refractivity contribution < 1.29 is 19.1 Å². The molecule has 10 aromatic carbocycles. The van der Waals surface area contributed by atoms with Crippen molar-refractivity contribution in [3.63, 3.8) is 0 Å². The van der Waals surface area contributed by atoms with Crippen molar-refractivity contribution in [2.24, 2.45) is 0 Å². The number of rotatable bonds is 34. The predicted molar refractivity (Wildman–Crippen MR) is 483 cm³/mol. The van der Waals surface area contributed by atoms with Crippen LogP contribution >= 0.6 is 0 Å². The molecule has 0 saturated heterocycles. The zero-order valence-corrected chi connectivity index (χ0v) is 69.8. The van der Waals surface area contributed by atoms with E-state index in [1.165, 1.54) is 194 Å². The van der Waals surface area contributed by atoms with Gasteiger partial charge in [0.1, 0.15) is 13.2 Å². The van der Waals surface area contributed by atoms with E-state index < -0.39 is 0 Å². The Morgan fingerprint density at radius 3 is 1.08 bits per heavy atom. The van der Waals surface area contributed by atoms with Gasteiger partial charge in [0, 0.05) is 48.3 Å². The fourth-order valence-corrected chi connectivity index (χ4v) is 18.7. The van der Waals surface area contributed by atoms with Crippen molar-refractivity contribution in [3.8, 4) is 22.3 Å². The molecule has 5 heterocycles. The number of nitrogens with zero attached hydrogens (tertiary/aromatic N) is 2. The van der Waals surface area contributed by atoms with E-state index in [0.29, 0.717) is 37.3 Å². The summed E-state index contributed by atoms with van der Waals surface area (Å²) in [5, 5.41) is 22.1. The minimum absolute atomic E-state index is 0.281. The number of hydrogen-bond donors (Lipinski definition) is 4. The fraction of sp³-hybridized carbons (Fsp3) is 0.365. The molecular weight excluding hydrogens is 1400 g/mol. The minimum Gasteiger partial charge on any atom is -0.461 e. The third-order valence-electron chi connectivity index (χ3n) is 24.7. The van der Waals surface area contributed by atoms with Crippen LogP contribution in [-0.4, -0.2) is 58.2 Å². The second kappa shape index (κ2) is 35.2. The summed E-state index contributed by atoms with van der Waals surface area (Å²) in [6.07, 6.45) is 22.1. The second-order valence-corrected chi connectivity index (χ2v) is 33.2. The topological polar surface area (TPSA) is 134 Å². The Balaban J connectivity index is 0.913. The molecule has 3 aromatic heterocycles. The number of nitrogens with one attached hydrogen (secondary N) is 4. The summed E-state index contributed by atoms with van der Waals surface area (Å²) < 4.78 is 11.6. The number of hydrogen-bond acceptors (Lipinski definition) is 8. The molecule has 0 saturated carbocycles. The largest absolute Gasteiger partial charge is 0.461 e. The highest BCUT2D eigenvalue weighted by atomic mass is 16.5. The lowest BCUT2D eigenvalue weighted by molar-refractivity contribution is 0.0499. The van der Waals surface area contributed by atoms with Crippen LogP contribution in [0.4, 0.5) is 0 Å². The van der Waals surface area contributed by atoms with Crippen molar-refractivity contribution in [1.29, 1.82) is 0 Å². The predicted octanol–water partition coefficient (Wildman–Crippen LogP) is 27.2. The summed E-state index contributed by atoms with van der Waals surface area (Å²) in [6, 6.07) is 54.3. The van der Waals surface area contributed by atoms with Gasteiger partial charge < -0.3 is 30.1 Å². The highest BCUT2D eigenvalue weighted by Crippen LogP contribution is 2.49. The molecule has 2 aliphatic rings. The van der Waals surface area contributed by atoms with E-state index in [1.54, 1.807) is 0 Å². The number of fused-ring (bicyclic) bond motifs is 8. The highest BCUT2D eigenvalue weighted by Gasteiger charge is 2.30. The molecule has 0 spiro atoms. The number of aryl methyl sites for hydroxylation is 8. The van der Waals surface area contributed by atoms with Crippen molar-refractivity contribution in [1.82, 2.24) is 30.6 Å². The Morgan fingerprint density at radius 1 is 0.368 bits per heavy atom. The maximum atomic E-state index is 13.1. The van der Waals surface area contributed by atoms with Crippen molar-refractivity contribution in [3.05, 3.63) is 235 Å². The number of esters is 2. The number of carbonyl (C=O) groups is 2. The van der Waals surface area contributed by atoms with Crippen molar-refractivity contribution in [2.45, 2.75) is 225 Å². The molecule has 13 aromatic rings. The van der Waals surface area contributed by atoms with Gasteiger partial charge in [-0.1, -0.05) is 212 Å². The maximum absolute atomic E-state index is 13.1. The number of unbranched alkanes of at least 4 members (excludes halogenated alkanes) is 12. The first kappa shape index (κ1) is 79.0. The molecule has 0 fully saturated rings. The van der Waals surface area contributed by atoms with Gasteiger partial charge in [-0.15, -0.1) is 0 Å². The van der Waals surface area contributed by atoms with Crippen LogP contribution in [0.2, 0.25) is 0 Å². The van der Waals surface area contributed by atoms with Crippen LogP contribution < -0.4 is 10.6 Å². The zero-order chi connectivity index (χ0) is 79.3. The summed E-state index contributed by atoms with van der Waals surface area (Å²) in [5.74, 6) is -0.581. The van der Waals surface area contributed by atoms with Gasteiger partial charge in [0.05, 0.1) is 44.9 Å². The van der Waals surface area contributed by atoms with Crippen LogP contribution in [0.25, 0.3) is 131 Å². The zero-order valence-electron chi connectivity index (χ0n) is 69.8. The van der Waals surface area contributed by atoms with E-state index in [4.69, 9.17) is 19.4 Å². The molecule has 114 heavy (non-hydrogen) atoms. The van der Waals surface area contributed by atoms with Gasteiger partial charge in [0.2, 0.25) is 0 Å². The monoisotopic (exact) mass is 1510 g/mol. The lowest BCUT2D eigenvalue weighted by Crippen LogP contribution is -2.21. The second-order valence-electron chi connectivity index (χ2n) is 33.2. The third-order valence-corrected chi connectivity index (χ3v) is 24.7. The van der Waals surface area contributed by atoms with Crippen LogP contribution in [0.5, 0.6) is 0 Å². The number of allylic oxidation sites excluding steroid dienone is 4. The van der Waals surface area contributed by atoms with Crippen molar-refractivity contribution in [2.75, 3.05) is 26.3 Å². The van der Waals surface area contributed by atoms with E-state index in [9.17, 15) is 9.59 Å². The number of carbonyl (C=O) groups excluding carboxylic acids is 2. The molecule has 0 aliphatic carbocycles. The Hall–Kier alpha value is -10.3. The fourth-order valence-electron chi connectivity index (χ4n) is 18.7. The van der Waals surface area contributed by atoms with Gasteiger partial charge in [0.25, 0.3) is 0 Å². The van der Waals surface area contributed by atoms with Gasteiger partial charge in [0.15, 0.2) is 0 Å². The summed E-state index contributed by atoms with van der Waals surface area (Å²) in [5.41, 5.74) is 31.6. The standard InChI is InChI=1S/C104H116N6O4/c1-13-17-21-25-29-83-67(9)89-59-90-69(11)85(31-27-23-19-15-3)101(109-90)98(80-56-74-38-34-72-36-40-78(88-44-42-76(58-80)94(74)96(72)88)62-106-46-48-114-104(112)82-53-65(7)50-66(8)54-82)102-86(32-28-24-20-16-4)70(12)92(110-102)60-91-68(10)84(30-26-22-18-14-2)100(108-91)97(99(83)107-89)79-55-73-37-33-71-35-39-77(87-43-41-75(57-79)93(73)95(71)87)61-105-45-47-113-103(111)81-51-63(5)49-64(6)52-81/h33-44,49-60,105-107,110H,13-32,45-48,61-62H2,1-12H3. The van der Waals surface area contributed by atoms with Gasteiger partial charge in [-0.2, -0.15) is 0 Å². The summed E-state index contributed by atoms with van der Waals surface area (Å²) in [4.78, 5) is 47.2. The number of aromatic nitrogens is 4. The van der Waals surface area contributed by atoms with E-state index in [-0.39, 0.29) is 25.2 Å². The van der Waals surface area contributed by atoms with E-state index in [0.717, 1.165) is 144 Å². The molecule has 0 atom stereocenters. The highest BCUT2D eigenvalue weighted by molar-refractivity contribution is 6.26. The maximum Gasteiger partial charge on any atom is 0.338 e. The summed E-state index contributed by atoms with van der Waals surface area (Å²) in [6.45, 7) is 29.7. The summed E-state index contributed by atoms with van der Waals surface area (Å²) in [7, 11) is 0. The first-order valence-corrected chi connectivity index (χ1v) is 43.0. The third kappa shape index (κ3) is 16.3. The molecule has 4 N–H and O–H groups in total. The number of ether oxygens (including phenoxy) is 2. The minimum atomic E-state index is -0.291. The Labute approximate surface area is 674 Å². The lowest BCUT2D eigenvalue weighted by atomic mass is 9.87. The average Bonchev–Trinajstić information content (AvgIpc) is 1.30. The van der Waals surface area contributed by atoms with E-state index in [2.05, 4.69) is 197 Å². The Kier molecular flexibility index (Phi) is 24.4. The van der Waals surface area contributed by atoms with Gasteiger partial charge in [-0.25, -0.2) is 19.6 Å². The van der Waals surface area contributed by atoms with Crippen LogP contribution in [0.3, 0.4) is 0 Å². The quantitative estimate of drug-likeness (QED) is 0.0178. The molecule has 10 nitrogen and oxygen atoms in total. The van der Waals surface area contributed by atoms with Gasteiger partial charge in [-0.3, -0.25) is 0 Å². The first-order chi connectivity index (χ1) is 55.5. The first-order valence-electron chi connectivity index (χ1n) is 43.0. The van der Waals surface area contributed by atoms with E-state index in [1.807, 2.05) is 52.0 Å². The van der Waals surface area contributed by atoms with E-state index >= 15 is 0 Å². The van der Waals surface area contributed by atoms with Crippen LogP contribution in [-0.2, 0) is 35.4 Å². The number of aromatic amines is 2. The molecule has 0 unspecified atom stereocenters. The molecule has 15 rings (SSSR count). The van der Waals surface area contributed by atoms with Gasteiger partial charge >= 0.3 is 11.9 Å². The van der Waals surface area contributed by atoms with Gasteiger partial charge in [-0.05, 0) is 299 Å². The molecular formula is C104H116N6O4. The average molecular weight is 1510 g/mol. The van der Waals surface area contributed by atoms with Crippen LogP contribution in [0.15, 0.2) is 146 Å². The molecule has 0 amide bonds. The molecule has 10 heteroatoms. The van der Waals surface area contributed by atoms with Crippen LogP contribution in [0.1, 0.15) is 256 Å². The Bertz CT molecular complexity index is 5590. The lowest BCUT2D eigenvalue weighted by Gasteiger charge is -2.17. The normalized spacial score (nSPS) is 12.7. The molecule has 8 bridgehead atoms. The Morgan fingerprint density at radius 2 is 0.711 bits per heavy atom. The SMILES string of the molecule is CCCCCCC1=C(C)c2cc3[nH]c(c(CCCCCC)c3C)c(-c3cc4ccc5ccc(CNCCOC(=O)c6cc(C)cc(C)c6)c6ccc(c3)c4c56)c3nc(cc4[nH]c(c(CCCCCC)c4C)c(-c4cc5ccc6ccc(CNCCOC(=O)c7cc(C)cc(C)c7)c7ccc(c4)c5c67)c1n2)C(C)=C3CCCCCC.